The molecule has 1 saturated heterocycles. The van der Waals surface area contributed by atoms with Gasteiger partial charge in [0.05, 0.1) is 0 Å². The van der Waals surface area contributed by atoms with Crippen molar-refractivity contribution in [2.24, 2.45) is 0 Å². The first kappa shape index (κ1) is 17.7. The Kier molecular flexibility index (Phi) is 5.45. The van der Waals surface area contributed by atoms with Crippen LogP contribution in [0.2, 0.25) is 0 Å². The van der Waals surface area contributed by atoms with Crippen molar-refractivity contribution in [3.63, 3.8) is 0 Å². The van der Waals surface area contributed by atoms with E-state index in [2.05, 4.69) is 0 Å². The monoisotopic (exact) mass is 318 g/mol. The summed E-state index contributed by atoms with van der Waals surface area (Å²) in [7, 11) is -2.33. The second-order valence-electron chi connectivity index (χ2n) is 5.11. The van der Waals surface area contributed by atoms with Crippen molar-refractivity contribution in [1.82, 2.24) is 8.61 Å². The average Bonchev–Trinajstić information content (AvgIpc) is 2.35. The summed E-state index contributed by atoms with van der Waals surface area (Å²) in [6.45, 7) is 1.60. The van der Waals surface area contributed by atoms with Gasteiger partial charge in [-0.1, -0.05) is 13.3 Å². The Morgan fingerprint density at radius 2 is 1.80 bits per heavy atom. The van der Waals surface area contributed by atoms with E-state index in [0.29, 0.717) is 13.0 Å². The number of nitrogens with zero attached hydrogens (tertiary/aromatic N) is 2. The molecule has 1 N–H and O–H groups in total. The molecule has 0 amide bonds. The van der Waals surface area contributed by atoms with Crippen molar-refractivity contribution < 1.29 is 26.7 Å². The summed E-state index contributed by atoms with van der Waals surface area (Å²) in [4.78, 5) is 0. The summed E-state index contributed by atoms with van der Waals surface area (Å²) in [5.74, 6) is 0. The van der Waals surface area contributed by atoms with Crippen LogP contribution in [0.25, 0.3) is 0 Å². The zero-order valence-electron chi connectivity index (χ0n) is 11.7. The van der Waals surface area contributed by atoms with Crippen LogP contribution < -0.4 is 0 Å². The number of hydrogen-bond acceptors (Lipinski definition) is 3. The zero-order valence-corrected chi connectivity index (χ0v) is 12.5. The van der Waals surface area contributed by atoms with Gasteiger partial charge in [-0.25, -0.2) is 0 Å². The van der Waals surface area contributed by atoms with Crippen molar-refractivity contribution in [2.75, 3.05) is 26.7 Å². The molecule has 0 saturated carbocycles. The molecule has 0 radical (unpaired) electrons. The predicted molar refractivity (Wildman–Crippen MR) is 68.3 cm³/mol. The third-order valence-electron chi connectivity index (χ3n) is 3.62. The highest BCUT2D eigenvalue weighted by Gasteiger charge is 2.55. The number of rotatable bonds is 5. The van der Waals surface area contributed by atoms with Gasteiger partial charge in [0.1, 0.15) is 0 Å². The molecule has 0 atom stereocenters. The summed E-state index contributed by atoms with van der Waals surface area (Å²) in [5, 5.41) is 9.51. The average molecular weight is 318 g/mol. The maximum atomic E-state index is 12.6. The van der Waals surface area contributed by atoms with Gasteiger partial charge >= 0.3 is 6.18 Å². The molecule has 20 heavy (non-hydrogen) atoms. The highest BCUT2D eigenvalue weighted by molar-refractivity contribution is 7.86. The quantitative estimate of drug-likeness (QED) is 0.832. The fourth-order valence-electron chi connectivity index (χ4n) is 2.06. The van der Waals surface area contributed by atoms with E-state index in [-0.39, 0.29) is 13.1 Å². The van der Waals surface area contributed by atoms with Crippen molar-refractivity contribution >= 4 is 10.2 Å². The molecule has 5 nitrogen and oxygen atoms in total. The number of alkyl halides is 3. The van der Waals surface area contributed by atoms with Gasteiger partial charge in [0.15, 0.2) is 5.60 Å². The molecule has 0 aromatic heterocycles. The number of hydrogen-bond donors (Lipinski definition) is 1. The van der Waals surface area contributed by atoms with Crippen molar-refractivity contribution in [1.29, 1.82) is 0 Å². The maximum Gasteiger partial charge on any atom is 0.417 e. The highest BCUT2D eigenvalue weighted by Crippen LogP contribution is 2.38. The lowest BCUT2D eigenvalue weighted by Gasteiger charge is -2.39. The van der Waals surface area contributed by atoms with Gasteiger partial charge in [0.2, 0.25) is 0 Å². The van der Waals surface area contributed by atoms with Crippen molar-refractivity contribution in [3.8, 4) is 0 Å². The van der Waals surface area contributed by atoms with Gasteiger partial charge in [0.25, 0.3) is 10.2 Å². The van der Waals surface area contributed by atoms with Crippen LogP contribution in [-0.4, -0.2) is 60.6 Å². The van der Waals surface area contributed by atoms with E-state index >= 15 is 0 Å². The lowest BCUT2D eigenvalue weighted by molar-refractivity contribution is -0.270. The van der Waals surface area contributed by atoms with Crippen LogP contribution in [0.4, 0.5) is 13.2 Å². The fourth-order valence-corrected chi connectivity index (χ4v) is 3.46. The van der Waals surface area contributed by atoms with E-state index in [1.165, 1.54) is 7.05 Å². The topological polar surface area (TPSA) is 60.9 Å². The maximum absolute atomic E-state index is 12.6. The van der Waals surface area contributed by atoms with E-state index < -0.39 is 34.8 Å². The third kappa shape index (κ3) is 3.63. The van der Waals surface area contributed by atoms with Gasteiger partial charge in [-0.15, -0.1) is 0 Å². The molecule has 1 rings (SSSR count). The molecule has 0 bridgehead atoms. The summed E-state index contributed by atoms with van der Waals surface area (Å²) in [5.41, 5.74) is -2.78. The van der Waals surface area contributed by atoms with Crippen LogP contribution >= 0.6 is 0 Å². The Morgan fingerprint density at radius 1 is 1.30 bits per heavy atom. The fraction of sp³-hybridized carbons (Fsp3) is 1.00. The molecule has 0 aliphatic carbocycles. The van der Waals surface area contributed by atoms with Crippen molar-refractivity contribution in [2.45, 2.75) is 44.4 Å². The lowest BCUT2D eigenvalue weighted by atomic mass is 9.92. The Morgan fingerprint density at radius 3 is 2.20 bits per heavy atom. The van der Waals surface area contributed by atoms with E-state index in [1.54, 1.807) is 0 Å². The van der Waals surface area contributed by atoms with Crippen LogP contribution in [0, 0.1) is 0 Å². The number of aliphatic hydroxyl groups is 1. The van der Waals surface area contributed by atoms with Crippen molar-refractivity contribution in [3.05, 3.63) is 0 Å². The third-order valence-corrected chi connectivity index (χ3v) is 5.61. The van der Waals surface area contributed by atoms with Crippen LogP contribution in [-0.2, 0) is 10.2 Å². The molecular weight excluding hydrogens is 297 g/mol. The number of halogens is 3. The van der Waals surface area contributed by atoms with Crippen LogP contribution in [0.5, 0.6) is 0 Å². The zero-order chi connectivity index (χ0) is 15.6. The first-order valence-corrected chi connectivity index (χ1v) is 7.95. The minimum Gasteiger partial charge on any atom is -0.380 e. The lowest BCUT2D eigenvalue weighted by Crippen LogP contribution is -2.56. The first-order chi connectivity index (χ1) is 9.04. The smallest absolute Gasteiger partial charge is 0.380 e. The largest absolute Gasteiger partial charge is 0.417 e. The molecule has 0 unspecified atom stereocenters. The minimum atomic E-state index is -4.73. The molecule has 0 spiro atoms. The van der Waals surface area contributed by atoms with E-state index in [0.717, 1.165) is 15.0 Å². The van der Waals surface area contributed by atoms with E-state index in [9.17, 15) is 26.7 Å². The molecule has 0 aromatic carbocycles. The summed E-state index contributed by atoms with van der Waals surface area (Å²) >= 11 is 0. The molecule has 1 heterocycles. The Labute approximate surface area is 117 Å². The van der Waals surface area contributed by atoms with Crippen LogP contribution in [0.1, 0.15) is 32.6 Å². The summed E-state index contributed by atoms with van der Waals surface area (Å²) in [6, 6.07) is 0. The molecular formula is C11H21F3N2O3S. The Hall–Kier alpha value is -0.380. The molecule has 1 aliphatic rings. The predicted octanol–water partition coefficient (Wildman–Crippen LogP) is 1.35. The second kappa shape index (κ2) is 6.17. The molecule has 9 heteroatoms. The Bertz CT molecular complexity index is 417. The molecule has 1 fully saturated rings. The minimum absolute atomic E-state index is 0.325. The van der Waals surface area contributed by atoms with E-state index in [4.69, 9.17) is 0 Å². The number of unbranched alkanes of at least 4 members (excludes halogenated alkanes) is 1. The van der Waals surface area contributed by atoms with Gasteiger partial charge in [-0.2, -0.15) is 30.2 Å². The molecule has 120 valence electrons. The molecule has 0 aromatic rings. The van der Waals surface area contributed by atoms with Gasteiger partial charge < -0.3 is 5.11 Å². The number of piperidine rings is 1. The standard InChI is InChI=1S/C11H21F3N2O3S/c1-3-4-7-15(2)20(18,19)16-8-5-10(17,6-9-16)11(12,13)14/h17H,3-9H2,1-2H3. The summed E-state index contributed by atoms with van der Waals surface area (Å²) in [6.07, 6.45) is -4.46. The summed E-state index contributed by atoms with van der Waals surface area (Å²) < 4.78 is 64.4. The first-order valence-electron chi connectivity index (χ1n) is 6.55. The normalized spacial score (nSPS) is 21.4. The van der Waals surface area contributed by atoms with Gasteiger partial charge in [-0.05, 0) is 19.3 Å². The van der Waals surface area contributed by atoms with E-state index in [1.807, 2.05) is 6.92 Å². The Balaban J connectivity index is 2.69. The van der Waals surface area contributed by atoms with Crippen LogP contribution in [0.3, 0.4) is 0 Å². The van der Waals surface area contributed by atoms with Crippen LogP contribution in [0.15, 0.2) is 0 Å². The SMILES string of the molecule is CCCCN(C)S(=O)(=O)N1CCC(O)(C(F)(F)F)CC1. The molecule has 1 aliphatic heterocycles. The second-order valence-corrected chi connectivity index (χ2v) is 7.15. The van der Waals surface area contributed by atoms with Gasteiger partial charge in [0, 0.05) is 26.7 Å². The highest BCUT2D eigenvalue weighted by atomic mass is 32.2. The van der Waals surface area contributed by atoms with Gasteiger partial charge in [-0.3, -0.25) is 0 Å².